The lowest BCUT2D eigenvalue weighted by Crippen LogP contribution is -2.59. The van der Waals surface area contributed by atoms with Crippen molar-refractivity contribution in [2.45, 2.75) is 123 Å². The zero-order valence-electron chi connectivity index (χ0n) is 33.4. The molecule has 15 heteroatoms. The Morgan fingerprint density at radius 3 is 2.29 bits per heavy atom. The summed E-state index contributed by atoms with van der Waals surface area (Å²) in [6, 6.07) is 1.98. The van der Waals surface area contributed by atoms with Crippen LogP contribution in [0.3, 0.4) is 0 Å². The number of methoxy groups -OCH3 is 1. The van der Waals surface area contributed by atoms with Crippen LogP contribution >= 0.6 is 22.9 Å². The molecule has 2 aliphatic carbocycles. The first kappa shape index (κ1) is 41.5. The number of benzene rings is 1. The molecule has 0 bridgehead atoms. The van der Waals surface area contributed by atoms with Crippen molar-refractivity contribution < 1.29 is 38.5 Å². The summed E-state index contributed by atoms with van der Waals surface area (Å²) in [6.45, 7) is 13.4. The molecule has 13 nitrogen and oxygen atoms in total. The number of nitrogens with one attached hydrogen (secondary N) is 2. The monoisotopic (exact) mass is 811 g/mol. The smallest absolute Gasteiger partial charge is 0.408 e. The fourth-order valence-electron chi connectivity index (χ4n) is 8.06. The van der Waals surface area contributed by atoms with Gasteiger partial charge in [-0.15, -0.1) is 11.3 Å². The van der Waals surface area contributed by atoms with E-state index in [1.807, 2.05) is 40.0 Å². The van der Waals surface area contributed by atoms with Crippen molar-refractivity contribution in [2.75, 3.05) is 13.7 Å². The molecule has 0 spiro atoms. The maximum Gasteiger partial charge on any atom is 0.408 e. The van der Waals surface area contributed by atoms with E-state index in [1.165, 1.54) is 29.8 Å². The zero-order chi connectivity index (χ0) is 40.6. The van der Waals surface area contributed by atoms with Gasteiger partial charge in [-0.25, -0.2) is 19.6 Å². The number of amides is 3. The second-order valence-corrected chi connectivity index (χ2v) is 18.0. The Bertz CT molecular complexity index is 1950. The molecule has 6 rings (SSSR count). The first-order valence-electron chi connectivity index (χ1n) is 19.6. The highest BCUT2D eigenvalue weighted by Crippen LogP contribution is 2.52. The molecule has 3 aliphatic rings. The number of likely N-dealkylation sites (tertiary alicyclic amines) is 1. The van der Waals surface area contributed by atoms with E-state index in [0.29, 0.717) is 62.8 Å². The molecule has 3 amide bonds. The standard InChI is InChI=1S/C41H54ClN5O8S/c1-9-21(10-2)33(39(50)51)45-36(48)29-16-25(18-47(29)38(49)35(41(5,6)7)46-40(52)55-24-14-22-13-23(22)15-24)54-31-17-27(37-44-28(19-56-37)20(3)4)43-34-26(31)11-12-30(53-8)32(34)42/h11-12,17,19-25,29,33,35H,9-10,13-16,18H2,1-8H3,(H,45,48)(H,46,52)(H,50,51)/t22-,23+,24+,25-,29+,33-,35-/m1/s1. The van der Waals surface area contributed by atoms with Crippen LogP contribution in [0.1, 0.15) is 98.6 Å². The van der Waals surface area contributed by atoms with Gasteiger partial charge in [0.25, 0.3) is 0 Å². The molecule has 304 valence electrons. The Balaban J connectivity index is 1.33. The average molecular weight is 812 g/mol. The third-order valence-corrected chi connectivity index (χ3v) is 12.7. The van der Waals surface area contributed by atoms with E-state index in [1.54, 1.807) is 18.2 Å². The molecule has 3 fully saturated rings. The molecular formula is C41H54ClN5O8S. The number of halogens is 1. The first-order valence-corrected chi connectivity index (χ1v) is 20.9. The van der Waals surface area contributed by atoms with Gasteiger partial charge in [0.2, 0.25) is 11.8 Å². The van der Waals surface area contributed by atoms with Gasteiger partial charge in [-0.1, -0.05) is 72.9 Å². The van der Waals surface area contributed by atoms with Crippen LogP contribution < -0.4 is 20.1 Å². The molecule has 1 aromatic carbocycles. The normalized spacial score (nSPS) is 22.8. The molecule has 1 aliphatic heterocycles. The van der Waals surface area contributed by atoms with Gasteiger partial charge in [0.1, 0.15) is 57.6 Å². The van der Waals surface area contributed by atoms with E-state index in [4.69, 9.17) is 35.8 Å². The number of alkyl carbamates (subject to hydrolysis) is 1. The number of hydrogen-bond acceptors (Lipinski definition) is 10. The van der Waals surface area contributed by atoms with E-state index in [0.717, 1.165) is 18.5 Å². The highest BCUT2D eigenvalue weighted by atomic mass is 35.5. The van der Waals surface area contributed by atoms with E-state index in [9.17, 15) is 24.3 Å². The summed E-state index contributed by atoms with van der Waals surface area (Å²) in [6.07, 6.45) is 2.37. The number of ether oxygens (including phenoxy) is 3. The van der Waals surface area contributed by atoms with Crippen molar-refractivity contribution >= 4 is 57.7 Å². The molecule has 2 saturated carbocycles. The Kier molecular flexibility index (Phi) is 12.4. The Morgan fingerprint density at radius 1 is 1.00 bits per heavy atom. The van der Waals surface area contributed by atoms with Crippen LogP contribution in [0.2, 0.25) is 5.02 Å². The average Bonchev–Trinajstić information content (AvgIpc) is 3.51. The highest BCUT2D eigenvalue weighted by Gasteiger charge is 2.49. The number of carbonyl (C=O) groups excluding carboxylic acids is 3. The van der Waals surface area contributed by atoms with Crippen molar-refractivity contribution in [2.24, 2.45) is 23.2 Å². The van der Waals surface area contributed by atoms with Gasteiger partial charge in [0.05, 0.1) is 24.9 Å². The number of nitrogens with zero attached hydrogens (tertiary/aromatic N) is 3. The van der Waals surface area contributed by atoms with Crippen LogP contribution in [0.5, 0.6) is 11.5 Å². The van der Waals surface area contributed by atoms with Crippen molar-refractivity contribution in [3.05, 3.63) is 34.3 Å². The molecular weight excluding hydrogens is 758 g/mol. The number of hydrogen-bond donors (Lipinski definition) is 3. The fraction of sp³-hybridized carbons (Fsp3) is 0.610. The van der Waals surface area contributed by atoms with E-state index in [2.05, 4.69) is 24.5 Å². The fourth-order valence-corrected chi connectivity index (χ4v) is 9.29. The Morgan fingerprint density at radius 2 is 1.70 bits per heavy atom. The number of carboxylic acid groups (broad SMARTS) is 1. The third-order valence-electron chi connectivity index (χ3n) is 11.5. The molecule has 0 unspecified atom stereocenters. The SMILES string of the molecule is CCC(CC)[C@@H](NC(=O)[C@@H]1C[C@@H](Oc2cc(-c3nc(C(C)C)cs3)nc3c(Cl)c(OC)ccc23)CN1C(=O)[C@@H](NC(=O)O[C@@H]1C[C@@H]2C[C@@H]2C1)C(C)(C)C)C(=O)O. The lowest BCUT2D eigenvalue weighted by molar-refractivity contribution is -0.146. The minimum absolute atomic E-state index is 0.0211. The molecule has 3 heterocycles. The number of carboxylic acids is 1. The van der Waals surface area contributed by atoms with Crippen LogP contribution in [0.25, 0.3) is 21.6 Å². The van der Waals surface area contributed by atoms with Gasteiger partial charge in [-0.2, -0.15) is 0 Å². The molecule has 2 aromatic heterocycles. The number of rotatable bonds is 14. The number of aromatic nitrogens is 2. The number of fused-ring (bicyclic) bond motifs is 2. The van der Waals surface area contributed by atoms with Gasteiger partial charge < -0.3 is 34.9 Å². The predicted molar refractivity (Wildman–Crippen MR) is 214 cm³/mol. The lowest BCUT2D eigenvalue weighted by Gasteiger charge is -2.35. The van der Waals surface area contributed by atoms with E-state index in [-0.39, 0.29) is 30.9 Å². The molecule has 56 heavy (non-hydrogen) atoms. The van der Waals surface area contributed by atoms with E-state index >= 15 is 0 Å². The second-order valence-electron chi connectivity index (χ2n) is 16.8. The molecule has 3 aromatic rings. The number of pyridine rings is 1. The minimum Gasteiger partial charge on any atom is -0.495 e. The zero-order valence-corrected chi connectivity index (χ0v) is 35.0. The molecule has 3 N–H and O–H groups in total. The quantitative estimate of drug-likeness (QED) is 0.149. The summed E-state index contributed by atoms with van der Waals surface area (Å²) in [7, 11) is 1.52. The number of thiazole rings is 1. The summed E-state index contributed by atoms with van der Waals surface area (Å²) in [5.41, 5.74) is 1.11. The number of aliphatic carboxylic acids is 1. The van der Waals surface area contributed by atoms with Crippen molar-refractivity contribution in [1.29, 1.82) is 0 Å². The number of carbonyl (C=O) groups is 4. The largest absolute Gasteiger partial charge is 0.495 e. The molecule has 0 radical (unpaired) electrons. The topological polar surface area (TPSA) is 169 Å². The van der Waals surface area contributed by atoms with Gasteiger partial charge in [-0.3, -0.25) is 9.59 Å². The van der Waals surface area contributed by atoms with E-state index < -0.39 is 53.5 Å². The Labute approximate surface area is 337 Å². The third kappa shape index (κ3) is 8.86. The lowest BCUT2D eigenvalue weighted by atomic mass is 9.85. The van der Waals surface area contributed by atoms with Crippen LogP contribution in [0.4, 0.5) is 4.79 Å². The van der Waals surface area contributed by atoms with Gasteiger partial charge >= 0.3 is 12.1 Å². The maximum atomic E-state index is 14.7. The summed E-state index contributed by atoms with van der Waals surface area (Å²) in [5.74, 6) is -0.315. The van der Waals surface area contributed by atoms with Gasteiger partial charge in [-0.05, 0) is 60.5 Å². The molecule has 1 saturated heterocycles. The van der Waals surface area contributed by atoms with Crippen molar-refractivity contribution in [1.82, 2.24) is 25.5 Å². The second kappa shape index (κ2) is 16.7. The van der Waals surface area contributed by atoms with Crippen LogP contribution in [-0.4, -0.2) is 87.8 Å². The van der Waals surface area contributed by atoms with Gasteiger partial charge in [0.15, 0.2) is 0 Å². The first-order chi connectivity index (χ1) is 26.5. The van der Waals surface area contributed by atoms with Gasteiger partial charge in [0, 0.05) is 23.3 Å². The maximum absolute atomic E-state index is 14.7. The van der Waals surface area contributed by atoms with Crippen molar-refractivity contribution in [3.63, 3.8) is 0 Å². The summed E-state index contributed by atoms with van der Waals surface area (Å²) < 4.78 is 18.0. The Hall–Kier alpha value is -4.17. The summed E-state index contributed by atoms with van der Waals surface area (Å²) in [5, 5.41) is 19.3. The molecule has 7 atom stereocenters. The summed E-state index contributed by atoms with van der Waals surface area (Å²) in [4.78, 5) is 65.7. The predicted octanol–water partition coefficient (Wildman–Crippen LogP) is 7.44. The minimum atomic E-state index is -1.16. The highest BCUT2D eigenvalue weighted by molar-refractivity contribution is 7.13. The van der Waals surface area contributed by atoms with Crippen LogP contribution in [-0.2, 0) is 19.1 Å². The van der Waals surface area contributed by atoms with Crippen LogP contribution in [0, 0.1) is 23.2 Å². The van der Waals surface area contributed by atoms with Crippen LogP contribution in [0.15, 0.2) is 23.6 Å². The summed E-state index contributed by atoms with van der Waals surface area (Å²) >= 11 is 8.27. The van der Waals surface area contributed by atoms with Crippen molar-refractivity contribution in [3.8, 4) is 22.2 Å².